The molecule has 3 aromatic rings. The molecule has 0 aromatic heterocycles. The maximum atomic E-state index is 13.5. The first-order valence-corrected chi connectivity index (χ1v) is 10.2. The van der Waals surface area contributed by atoms with E-state index in [1.54, 1.807) is 49.6 Å². The normalized spacial score (nSPS) is 13.6. The summed E-state index contributed by atoms with van der Waals surface area (Å²) >= 11 is 0. The summed E-state index contributed by atoms with van der Waals surface area (Å²) in [6.07, 6.45) is 0. The Morgan fingerprint density at radius 3 is 2.03 bits per heavy atom. The summed E-state index contributed by atoms with van der Waals surface area (Å²) in [5.74, 6) is 0.199. The molecule has 0 spiro atoms. The lowest BCUT2D eigenvalue weighted by atomic mass is 10.0. The SMILES string of the molecule is COc1ccc(C2=C(Nc3cc(C)cc(C)c3)C(=O)N(c3ccccc3)C2=O)cc1OC. The molecule has 4 rings (SSSR count). The Kier molecular flexibility index (Phi) is 5.69. The first-order valence-electron chi connectivity index (χ1n) is 10.2. The third kappa shape index (κ3) is 3.83. The van der Waals surface area contributed by atoms with Crippen LogP contribution in [0.1, 0.15) is 16.7 Å². The van der Waals surface area contributed by atoms with E-state index in [9.17, 15) is 9.59 Å². The summed E-state index contributed by atoms with van der Waals surface area (Å²) in [4.78, 5) is 28.2. The molecule has 0 fully saturated rings. The molecule has 0 aliphatic carbocycles. The second-order valence-corrected chi connectivity index (χ2v) is 7.60. The van der Waals surface area contributed by atoms with Crippen molar-refractivity contribution in [2.24, 2.45) is 0 Å². The van der Waals surface area contributed by atoms with E-state index in [4.69, 9.17) is 9.47 Å². The van der Waals surface area contributed by atoms with Gasteiger partial charge in [0.15, 0.2) is 11.5 Å². The minimum absolute atomic E-state index is 0.219. The first kappa shape index (κ1) is 21.2. The molecule has 0 unspecified atom stereocenters. The molecule has 0 saturated carbocycles. The largest absolute Gasteiger partial charge is 0.493 e. The van der Waals surface area contributed by atoms with Crippen LogP contribution in [-0.4, -0.2) is 26.0 Å². The minimum Gasteiger partial charge on any atom is -0.493 e. The summed E-state index contributed by atoms with van der Waals surface area (Å²) < 4.78 is 10.7. The topological polar surface area (TPSA) is 67.9 Å². The lowest BCUT2D eigenvalue weighted by Gasteiger charge is -2.15. The summed E-state index contributed by atoms with van der Waals surface area (Å²) in [6.45, 7) is 3.97. The highest BCUT2D eigenvalue weighted by atomic mass is 16.5. The fourth-order valence-electron chi connectivity index (χ4n) is 3.91. The molecular formula is C26H24N2O4. The Balaban J connectivity index is 1.87. The van der Waals surface area contributed by atoms with E-state index in [2.05, 4.69) is 5.32 Å². The lowest BCUT2D eigenvalue weighted by molar-refractivity contribution is -0.120. The number of amides is 2. The van der Waals surface area contributed by atoms with Gasteiger partial charge in [0.05, 0.1) is 25.5 Å². The molecule has 32 heavy (non-hydrogen) atoms. The fraction of sp³-hybridized carbons (Fsp3) is 0.154. The first-order chi connectivity index (χ1) is 15.4. The van der Waals surface area contributed by atoms with Crippen molar-refractivity contribution in [2.45, 2.75) is 13.8 Å². The average molecular weight is 428 g/mol. The number of benzene rings is 3. The molecule has 6 heteroatoms. The molecule has 1 aliphatic heterocycles. The fourth-order valence-corrected chi connectivity index (χ4v) is 3.91. The van der Waals surface area contributed by atoms with E-state index in [-0.39, 0.29) is 11.3 Å². The molecule has 1 N–H and O–H groups in total. The highest BCUT2D eigenvalue weighted by Crippen LogP contribution is 2.37. The third-order valence-electron chi connectivity index (χ3n) is 5.26. The Labute approximate surface area is 187 Å². The predicted molar refractivity (Wildman–Crippen MR) is 125 cm³/mol. The Hall–Kier alpha value is -4.06. The number of nitrogens with zero attached hydrogens (tertiary/aromatic N) is 1. The number of nitrogens with one attached hydrogen (secondary N) is 1. The number of hydrogen-bond acceptors (Lipinski definition) is 5. The molecule has 0 saturated heterocycles. The number of imide groups is 1. The standard InChI is InChI=1S/C26H24N2O4/c1-16-12-17(2)14-19(13-16)27-24-23(18-10-11-21(31-3)22(15-18)32-4)25(29)28(26(24)30)20-8-6-5-7-9-20/h5-15,27H,1-4H3. The van der Waals surface area contributed by atoms with Crippen LogP contribution in [0.4, 0.5) is 11.4 Å². The van der Waals surface area contributed by atoms with Crippen molar-refractivity contribution >= 4 is 28.8 Å². The predicted octanol–water partition coefficient (Wildman–Crippen LogP) is 4.72. The number of hydrogen-bond donors (Lipinski definition) is 1. The van der Waals surface area contributed by atoms with Crippen molar-refractivity contribution < 1.29 is 19.1 Å². The molecule has 0 atom stereocenters. The van der Waals surface area contributed by atoms with E-state index in [0.717, 1.165) is 16.8 Å². The second kappa shape index (κ2) is 8.59. The van der Waals surface area contributed by atoms with E-state index in [1.807, 2.05) is 38.1 Å². The van der Waals surface area contributed by atoms with Crippen molar-refractivity contribution in [1.29, 1.82) is 0 Å². The van der Waals surface area contributed by atoms with Crippen LogP contribution in [0.15, 0.2) is 72.4 Å². The number of methoxy groups -OCH3 is 2. The van der Waals surface area contributed by atoms with Crippen LogP contribution in [0.3, 0.4) is 0 Å². The van der Waals surface area contributed by atoms with E-state index in [0.29, 0.717) is 22.7 Å². The van der Waals surface area contributed by atoms with Crippen LogP contribution in [0, 0.1) is 13.8 Å². The van der Waals surface area contributed by atoms with Gasteiger partial charge in [-0.2, -0.15) is 0 Å². The number of rotatable bonds is 6. The van der Waals surface area contributed by atoms with E-state index in [1.165, 1.54) is 12.0 Å². The maximum Gasteiger partial charge on any atom is 0.282 e. The molecule has 0 bridgehead atoms. The maximum absolute atomic E-state index is 13.5. The van der Waals surface area contributed by atoms with Gasteiger partial charge in [-0.3, -0.25) is 9.59 Å². The van der Waals surface area contributed by atoms with Crippen molar-refractivity contribution in [3.63, 3.8) is 0 Å². The van der Waals surface area contributed by atoms with Gasteiger partial charge in [0.25, 0.3) is 11.8 Å². The highest BCUT2D eigenvalue weighted by molar-refractivity contribution is 6.46. The Morgan fingerprint density at radius 1 is 0.750 bits per heavy atom. The van der Waals surface area contributed by atoms with Gasteiger partial charge < -0.3 is 14.8 Å². The summed E-state index contributed by atoms with van der Waals surface area (Å²) in [5.41, 5.74) is 4.42. The number of para-hydroxylation sites is 1. The summed E-state index contributed by atoms with van der Waals surface area (Å²) in [6, 6.07) is 20.0. The number of carbonyl (C=O) groups excluding carboxylic acids is 2. The zero-order valence-electron chi connectivity index (χ0n) is 18.4. The number of carbonyl (C=O) groups is 2. The van der Waals surface area contributed by atoms with Crippen LogP contribution in [-0.2, 0) is 9.59 Å². The zero-order valence-corrected chi connectivity index (χ0v) is 18.4. The van der Waals surface area contributed by atoms with Crippen LogP contribution >= 0.6 is 0 Å². The molecule has 162 valence electrons. The van der Waals surface area contributed by atoms with Crippen molar-refractivity contribution in [2.75, 3.05) is 24.4 Å². The van der Waals surface area contributed by atoms with Gasteiger partial charge in [-0.25, -0.2) is 4.90 Å². The molecule has 1 heterocycles. The average Bonchev–Trinajstić information content (AvgIpc) is 3.02. The smallest absolute Gasteiger partial charge is 0.282 e. The van der Waals surface area contributed by atoms with Crippen LogP contribution in [0.5, 0.6) is 11.5 Å². The molecular weight excluding hydrogens is 404 g/mol. The third-order valence-corrected chi connectivity index (χ3v) is 5.26. The number of aryl methyl sites for hydroxylation is 2. The highest BCUT2D eigenvalue weighted by Gasteiger charge is 2.40. The van der Waals surface area contributed by atoms with Gasteiger partial charge in [0.1, 0.15) is 5.70 Å². The van der Waals surface area contributed by atoms with Crippen molar-refractivity contribution in [3.05, 3.63) is 89.1 Å². The van der Waals surface area contributed by atoms with Gasteiger partial charge >= 0.3 is 0 Å². The van der Waals surface area contributed by atoms with Crippen molar-refractivity contribution in [3.8, 4) is 11.5 Å². The Morgan fingerprint density at radius 2 is 1.41 bits per heavy atom. The summed E-state index contributed by atoms with van der Waals surface area (Å²) in [7, 11) is 3.08. The van der Waals surface area contributed by atoms with Crippen LogP contribution in [0.25, 0.3) is 5.57 Å². The van der Waals surface area contributed by atoms with E-state index >= 15 is 0 Å². The zero-order chi connectivity index (χ0) is 22.8. The molecule has 3 aromatic carbocycles. The van der Waals surface area contributed by atoms with E-state index < -0.39 is 11.8 Å². The minimum atomic E-state index is -0.412. The van der Waals surface area contributed by atoms with Crippen LogP contribution in [0.2, 0.25) is 0 Å². The lowest BCUT2D eigenvalue weighted by Crippen LogP contribution is -2.32. The van der Waals surface area contributed by atoms with Gasteiger partial charge in [-0.1, -0.05) is 30.3 Å². The van der Waals surface area contributed by atoms with Gasteiger partial charge in [0.2, 0.25) is 0 Å². The molecule has 6 nitrogen and oxygen atoms in total. The summed E-state index contributed by atoms with van der Waals surface area (Å²) in [5, 5.41) is 3.21. The monoisotopic (exact) mass is 428 g/mol. The number of anilines is 2. The quantitative estimate of drug-likeness (QED) is 0.576. The van der Waals surface area contributed by atoms with Crippen LogP contribution < -0.4 is 19.7 Å². The number of ether oxygens (including phenoxy) is 2. The molecule has 2 amide bonds. The van der Waals surface area contributed by atoms with Gasteiger partial charge in [-0.05, 0) is 66.9 Å². The van der Waals surface area contributed by atoms with Gasteiger partial charge in [-0.15, -0.1) is 0 Å². The Bertz CT molecular complexity index is 1210. The van der Waals surface area contributed by atoms with Crippen molar-refractivity contribution in [1.82, 2.24) is 0 Å². The molecule has 1 aliphatic rings. The molecule has 0 radical (unpaired) electrons. The second-order valence-electron chi connectivity index (χ2n) is 7.60. The van der Waals surface area contributed by atoms with Gasteiger partial charge in [0, 0.05) is 5.69 Å².